The number of rotatable bonds is 4. The molecule has 3 N–H and O–H groups in total. The lowest BCUT2D eigenvalue weighted by Crippen LogP contribution is -2.17. The van der Waals surface area contributed by atoms with Gasteiger partial charge in [0.05, 0.1) is 17.6 Å². The van der Waals surface area contributed by atoms with Crippen molar-refractivity contribution in [1.82, 2.24) is 14.9 Å². The van der Waals surface area contributed by atoms with Crippen LogP contribution in [0.3, 0.4) is 0 Å². The van der Waals surface area contributed by atoms with Gasteiger partial charge in [-0.25, -0.2) is 4.98 Å². The van der Waals surface area contributed by atoms with Crippen LogP contribution in [0.1, 0.15) is 10.7 Å². The third-order valence-corrected chi connectivity index (χ3v) is 4.70. The van der Waals surface area contributed by atoms with Crippen molar-refractivity contribution in [3.05, 3.63) is 44.8 Å². The molecule has 0 aliphatic heterocycles. The predicted molar refractivity (Wildman–Crippen MR) is 87.7 cm³/mol. The van der Waals surface area contributed by atoms with E-state index in [0.29, 0.717) is 0 Å². The molecule has 20 heavy (non-hydrogen) atoms. The summed E-state index contributed by atoms with van der Waals surface area (Å²) in [7, 11) is 2.09. The van der Waals surface area contributed by atoms with Crippen molar-refractivity contribution in [3.63, 3.8) is 0 Å². The van der Waals surface area contributed by atoms with Gasteiger partial charge in [-0.2, -0.15) is 0 Å². The minimum atomic E-state index is 0.754. The number of nitrogens with zero attached hydrogens (tertiary/aromatic N) is 2. The Morgan fingerprint density at radius 3 is 2.95 bits per heavy atom. The van der Waals surface area contributed by atoms with Crippen LogP contribution >= 0.6 is 27.3 Å². The predicted octanol–water partition coefficient (Wildman–Crippen LogP) is 3.60. The highest BCUT2D eigenvalue weighted by Gasteiger charge is 2.08. The van der Waals surface area contributed by atoms with Crippen molar-refractivity contribution in [3.8, 4) is 0 Å². The molecule has 0 radical (unpaired) electrons. The number of hydrogen-bond acceptors (Lipinski definition) is 4. The van der Waals surface area contributed by atoms with Gasteiger partial charge in [0.15, 0.2) is 0 Å². The minimum Gasteiger partial charge on any atom is -0.399 e. The van der Waals surface area contributed by atoms with E-state index in [1.54, 1.807) is 11.3 Å². The largest absolute Gasteiger partial charge is 0.399 e. The van der Waals surface area contributed by atoms with Crippen LogP contribution in [-0.2, 0) is 13.1 Å². The summed E-state index contributed by atoms with van der Waals surface area (Å²) in [5.41, 5.74) is 8.48. The Hall–Kier alpha value is -1.37. The smallest absolute Gasteiger partial charge is 0.121 e. The first-order valence-electron chi connectivity index (χ1n) is 6.26. The molecule has 4 nitrogen and oxygen atoms in total. The Morgan fingerprint density at radius 2 is 2.20 bits per heavy atom. The van der Waals surface area contributed by atoms with Crippen LogP contribution in [-0.4, -0.2) is 21.9 Å². The summed E-state index contributed by atoms with van der Waals surface area (Å²) in [6.45, 7) is 1.69. The number of anilines is 1. The van der Waals surface area contributed by atoms with E-state index in [0.717, 1.165) is 40.1 Å². The van der Waals surface area contributed by atoms with Crippen molar-refractivity contribution in [2.24, 2.45) is 0 Å². The van der Waals surface area contributed by atoms with Gasteiger partial charge in [-0.1, -0.05) is 0 Å². The van der Waals surface area contributed by atoms with E-state index in [2.05, 4.69) is 49.3 Å². The number of imidazole rings is 1. The number of aromatic amines is 1. The van der Waals surface area contributed by atoms with Crippen LogP contribution in [0.15, 0.2) is 34.1 Å². The number of benzene rings is 1. The summed E-state index contributed by atoms with van der Waals surface area (Å²) in [6, 6.07) is 7.89. The highest BCUT2D eigenvalue weighted by Crippen LogP contribution is 2.21. The first kappa shape index (κ1) is 13.6. The maximum Gasteiger partial charge on any atom is 0.121 e. The average molecular weight is 351 g/mol. The Labute approximate surface area is 129 Å². The topological polar surface area (TPSA) is 57.9 Å². The SMILES string of the molecule is CN(Cc1nc2ccc(N)cc2[nH]1)Cc1cc(Br)cs1. The van der Waals surface area contributed by atoms with Crippen molar-refractivity contribution in [1.29, 1.82) is 0 Å². The molecule has 0 aliphatic rings. The third-order valence-electron chi connectivity index (χ3n) is 3.02. The summed E-state index contributed by atoms with van der Waals surface area (Å²) in [5.74, 6) is 0.962. The first-order valence-corrected chi connectivity index (χ1v) is 7.93. The van der Waals surface area contributed by atoms with E-state index in [9.17, 15) is 0 Å². The Morgan fingerprint density at radius 1 is 1.35 bits per heavy atom. The molecule has 0 unspecified atom stereocenters. The standard InChI is InChI=1S/C14H15BrN4S/c1-19(6-11-4-9(15)8-20-11)7-14-17-12-3-2-10(16)5-13(12)18-14/h2-5,8H,6-7,16H2,1H3,(H,17,18). The molecule has 104 valence electrons. The highest BCUT2D eigenvalue weighted by atomic mass is 79.9. The second-order valence-corrected chi connectivity index (χ2v) is 6.78. The summed E-state index contributed by atoms with van der Waals surface area (Å²) < 4.78 is 1.14. The van der Waals surface area contributed by atoms with E-state index in [1.807, 2.05) is 18.2 Å². The molecular formula is C14H15BrN4S. The van der Waals surface area contributed by atoms with Crippen LogP contribution in [0.25, 0.3) is 11.0 Å². The van der Waals surface area contributed by atoms with Crippen LogP contribution < -0.4 is 5.73 Å². The molecule has 0 saturated carbocycles. The number of aromatic nitrogens is 2. The van der Waals surface area contributed by atoms with Gasteiger partial charge >= 0.3 is 0 Å². The molecule has 0 fully saturated rings. The number of nitrogens with two attached hydrogens (primary N) is 1. The average Bonchev–Trinajstić information content (AvgIpc) is 2.94. The van der Waals surface area contributed by atoms with Gasteiger partial charge in [-0.05, 0) is 47.2 Å². The van der Waals surface area contributed by atoms with Gasteiger partial charge in [0.25, 0.3) is 0 Å². The summed E-state index contributed by atoms with van der Waals surface area (Å²) in [6.07, 6.45) is 0. The fourth-order valence-corrected chi connectivity index (χ4v) is 3.70. The highest BCUT2D eigenvalue weighted by molar-refractivity contribution is 9.10. The van der Waals surface area contributed by atoms with E-state index in [-0.39, 0.29) is 0 Å². The zero-order valence-corrected chi connectivity index (χ0v) is 13.5. The molecule has 0 aliphatic carbocycles. The van der Waals surface area contributed by atoms with Crippen LogP contribution in [0.2, 0.25) is 0 Å². The lowest BCUT2D eigenvalue weighted by atomic mass is 10.3. The molecule has 3 aromatic rings. The van der Waals surface area contributed by atoms with Gasteiger partial charge < -0.3 is 10.7 Å². The number of halogens is 1. The molecule has 3 rings (SSSR count). The zero-order chi connectivity index (χ0) is 14.1. The monoisotopic (exact) mass is 350 g/mol. The molecule has 0 amide bonds. The van der Waals surface area contributed by atoms with Gasteiger partial charge in [-0.3, -0.25) is 4.90 Å². The van der Waals surface area contributed by atoms with Gasteiger partial charge in [0.1, 0.15) is 5.82 Å². The van der Waals surface area contributed by atoms with E-state index in [4.69, 9.17) is 5.73 Å². The van der Waals surface area contributed by atoms with Crippen LogP contribution in [0.5, 0.6) is 0 Å². The third kappa shape index (κ3) is 3.03. The minimum absolute atomic E-state index is 0.754. The molecule has 2 aromatic heterocycles. The van der Waals surface area contributed by atoms with Gasteiger partial charge in [0.2, 0.25) is 0 Å². The van der Waals surface area contributed by atoms with Crippen molar-refractivity contribution in [2.45, 2.75) is 13.1 Å². The van der Waals surface area contributed by atoms with E-state index in [1.165, 1.54) is 4.88 Å². The Balaban J connectivity index is 1.72. The fraction of sp³-hybridized carbons (Fsp3) is 0.214. The first-order chi connectivity index (χ1) is 9.60. The van der Waals surface area contributed by atoms with Crippen molar-refractivity contribution in [2.75, 3.05) is 12.8 Å². The number of H-pyrrole nitrogens is 1. The van der Waals surface area contributed by atoms with E-state index >= 15 is 0 Å². The Bertz CT molecular complexity index is 734. The molecule has 0 saturated heterocycles. The lowest BCUT2D eigenvalue weighted by molar-refractivity contribution is 0.315. The second-order valence-electron chi connectivity index (χ2n) is 4.86. The summed E-state index contributed by atoms with van der Waals surface area (Å²) in [5, 5.41) is 2.10. The Kier molecular flexibility index (Phi) is 3.78. The molecule has 6 heteroatoms. The normalized spacial score (nSPS) is 11.6. The molecule has 1 aromatic carbocycles. The second kappa shape index (κ2) is 5.55. The number of fused-ring (bicyclic) bond motifs is 1. The number of thiophene rings is 1. The number of nitrogen functional groups attached to an aromatic ring is 1. The maximum absolute atomic E-state index is 5.78. The van der Waals surface area contributed by atoms with Crippen molar-refractivity contribution < 1.29 is 0 Å². The van der Waals surface area contributed by atoms with Crippen LogP contribution in [0.4, 0.5) is 5.69 Å². The van der Waals surface area contributed by atoms with E-state index < -0.39 is 0 Å². The quantitative estimate of drug-likeness (QED) is 0.706. The summed E-state index contributed by atoms with van der Waals surface area (Å²) >= 11 is 5.24. The lowest BCUT2D eigenvalue weighted by Gasteiger charge is -2.13. The molecule has 0 bridgehead atoms. The van der Waals surface area contributed by atoms with Gasteiger partial charge in [-0.15, -0.1) is 11.3 Å². The number of hydrogen-bond donors (Lipinski definition) is 2. The molecule has 0 spiro atoms. The zero-order valence-electron chi connectivity index (χ0n) is 11.1. The fourth-order valence-electron chi connectivity index (χ4n) is 2.17. The molecule has 0 atom stereocenters. The van der Waals surface area contributed by atoms with Gasteiger partial charge in [0, 0.05) is 27.0 Å². The number of nitrogens with one attached hydrogen (secondary N) is 1. The molecular weight excluding hydrogens is 336 g/mol. The van der Waals surface area contributed by atoms with Crippen molar-refractivity contribution >= 4 is 44.0 Å². The maximum atomic E-state index is 5.78. The van der Waals surface area contributed by atoms with Crippen LogP contribution in [0, 0.1) is 0 Å². The summed E-state index contributed by atoms with van der Waals surface area (Å²) in [4.78, 5) is 11.5. The molecule has 2 heterocycles.